The lowest BCUT2D eigenvalue weighted by molar-refractivity contribution is -0.304. The fourth-order valence-electron chi connectivity index (χ4n) is 7.39. The number of terminal acetylenes is 1. The number of nitrogens with zero attached hydrogens (tertiary/aromatic N) is 2. The number of aliphatic hydroxyl groups is 4. The average Bonchev–Trinajstić information content (AvgIpc) is 3.11. The Kier molecular flexibility index (Phi) is 17.6. The maximum Gasteiger partial charge on any atom is 0.308 e. The molecule has 1 aromatic carbocycles. The molecule has 12 atom stereocenters. The van der Waals surface area contributed by atoms with Crippen LogP contribution in [0.3, 0.4) is 0 Å². The summed E-state index contributed by atoms with van der Waals surface area (Å²) in [6.45, 7) is 10.3. The highest BCUT2D eigenvalue weighted by molar-refractivity contribution is 5.91. The molecule has 0 amide bonds. The van der Waals surface area contributed by atoms with Gasteiger partial charge in [-0.2, -0.15) is 0 Å². The van der Waals surface area contributed by atoms with Gasteiger partial charge in [-0.15, -0.1) is 6.42 Å². The fourth-order valence-corrected chi connectivity index (χ4v) is 7.39. The third kappa shape index (κ3) is 12.3. The number of carbonyl (C=O) groups excluding carboxylic acids is 2. The molecule has 0 bridgehead atoms. The van der Waals surface area contributed by atoms with Crippen molar-refractivity contribution >= 4 is 11.8 Å². The van der Waals surface area contributed by atoms with Gasteiger partial charge >= 0.3 is 5.97 Å². The molecule has 2 aliphatic rings. The number of benzene rings is 1. The number of carbonyl (C=O) groups is 2. The van der Waals surface area contributed by atoms with E-state index in [1.807, 2.05) is 51.1 Å². The van der Waals surface area contributed by atoms with Crippen LogP contribution in [-0.4, -0.2) is 125 Å². The first kappa shape index (κ1) is 43.5. The maximum absolute atomic E-state index is 13.6. The van der Waals surface area contributed by atoms with Crippen LogP contribution in [0.25, 0.3) is 0 Å². The Balaban J connectivity index is 2.08. The standard InChI is InChI=1S/C41H62N2O9/c1-9-19-43(24-30-14-12-11-13-15-30)20-18-31-22-27(4)33(45)17-16-26(3)21-32(25-44)35(10-2)51-36(47)23-34(46)28(5)40(31)52-41-39(49)37(42(7)8)38(48)29(6)50-41/h1,11-17,21,27-29,31-32,34-35,37-41,44,46,48-49H,10,18-20,22-25H2,2-8H3/b17-16+,26-21+/t27-,28+,29-,31+,32-,34-,35-,37?,38-,39?,40-,41+/m1/s1. The van der Waals surface area contributed by atoms with Gasteiger partial charge in [0.05, 0.1) is 50.0 Å². The van der Waals surface area contributed by atoms with Crippen molar-refractivity contribution < 1.29 is 44.2 Å². The number of ether oxygens (including phenoxy) is 3. The highest BCUT2D eigenvalue weighted by Gasteiger charge is 2.47. The number of esters is 1. The van der Waals surface area contributed by atoms with Crippen molar-refractivity contribution in [3.05, 3.63) is 59.7 Å². The third-order valence-electron chi connectivity index (χ3n) is 10.5. The van der Waals surface area contributed by atoms with Gasteiger partial charge < -0.3 is 39.5 Å². The summed E-state index contributed by atoms with van der Waals surface area (Å²) in [6, 6.07) is 9.28. The van der Waals surface area contributed by atoms with Gasteiger partial charge in [-0.1, -0.05) is 74.7 Å². The average molecular weight is 727 g/mol. The van der Waals surface area contributed by atoms with Gasteiger partial charge in [0.15, 0.2) is 12.1 Å². The monoisotopic (exact) mass is 726 g/mol. The van der Waals surface area contributed by atoms with E-state index in [-0.39, 0.29) is 24.7 Å². The summed E-state index contributed by atoms with van der Waals surface area (Å²) in [6.07, 6.45) is 5.07. The van der Waals surface area contributed by atoms with Gasteiger partial charge in [-0.3, -0.25) is 14.5 Å². The molecule has 0 saturated carbocycles. The van der Waals surface area contributed by atoms with Gasteiger partial charge in [0.2, 0.25) is 0 Å². The Morgan fingerprint density at radius 2 is 1.73 bits per heavy atom. The van der Waals surface area contributed by atoms with Gasteiger partial charge in [-0.25, -0.2) is 0 Å². The molecule has 2 unspecified atom stereocenters. The zero-order valence-electron chi connectivity index (χ0n) is 32.0. The molecular weight excluding hydrogens is 664 g/mol. The van der Waals surface area contributed by atoms with E-state index in [9.17, 15) is 30.0 Å². The highest BCUT2D eigenvalue weighted by Crippen LogP contribution is 2.35. The van der Waals surface area contributed by atoms with E-state index in [1.54, 1.807) is 45.0 Å². The Hall–Kier alpha value is -2.92. The number of cyclic esters (lactones) is 1. The van der Waals surface area contributed by atoms with Gasteiger partial charge in [0.25, 0.3) is 0 Å². The molecule has 52 heavy (non-hydrogen) atoms. The summed E-state index contributed by atoms with van der Waals surface area (Å²) < 4.78 is 18.6. The van der Waals surface area contributed by atoms with Crippen molar-refractivity contribution in [3.8, 4) is 12.3 Å². The van der Waals surface area contributed by atoms with Gasteiger partial charge in [0, 0.05) is 24.3 Å². The molecule has 0 spiro atoms. The summed E-state index contributed by atoms with van der Waals surface area (Å²) >= 11 is 0. The second-order valence-corrected chi connectivity index (χ2v) is 14.9. The van der Waals surface area contributed by atoms with Crippen LogP contribution in [0, 0.1) is 36.0 Å². The number of aliphatic hydroxyl groups excluding tert-OH is 4. The maximum atomic E-state index is 13.6. The first-order valence-electron chi connectivity index (χ1n) is 18.6. The molecule has 2 aliphatic heterocycles. The summed E-state index contributed by atoms with van der Waals surface area (Å²) in [4.78, 5) is 30.8. The van der Waals surface area contributed by atoms with Crippen LogP contribution >= 0.6 is 0 Å². The van der Waals surface area contributed by atoms with E-state index in [4.69, 9.17) is 20.6 Å². The van der Waals surface area contributed by atoms with Crippen LogP contribution in [0.2, 0.25) is 0 Å². The minimum absolute atomic E-state index is 0.0982. The van der Waals surface area contributed by atoms with Gasteiger partial charge in [0.1, 0.15) is 12.2 Å². The summed E-state index contributed by atoms with van der Waals surface area (Å²) in [5, 5.41) is 44.2. The number of hydrogen-bond donors (Lipinski definition) is 4. The molecule has 4 N–H and O–H groups in total. The van der Waals surface area contributed by atoms with E-state index in [0.29, 0.717) is 38.9 Å². The summed E-state index contributed by atoms with van der Waals surface area (Å²) in [7, 11) is 3.52. The van der Waals surface area contributed by atoms with Crippen molar-refractivity contribution in [3.63, 3.8) is 0 Å². The zero-order valence-corrected chi connectivity index (χ0v) is 32.0. The van der Waals surface area contributed by atoms with Crippen LogP contribution in [0.5, 0.6) is 0 Å². The van der Waals surface area contributed by atoms with E-state index < -0.39 is 72.7 Å². The Labute approximate surface area is 310 Å². The largest absolute Gasteiger partial charge is 0.462 e. The predicted molar refractivity (Wildman–Crippen MR) is 200 cm³/mol. The molecule has 0 aliphatic carbocycles. The highest BCUT2D eigenvalue weighted by atomic mass is 16.7. The summed E-state index contributed by atoms with van der Waals surface area (Å²) in [5.41, 5.74) is 1.84. The van der Waals surface area contributed by atoms with Crippen molar-refractivity contribution in [1.29, 1.82) is 0 Å². The molecule has 0 radical (unpaired) electrons. The van der Waals surface area contributed by atoms with E-state index in [1.165, 1.54) is 6.08 Å². The Morgan fingerprint density at radius 1 is 1.04 bits per heavy atom. The van der Waals surface area contributed by atoms with Crippen LogP contribution in [0.15, 0.2) is 54.1 Å². The number of hydrogen-bond acceptors (Lipinski definition) is 11. The molecule has 2 heterocycles. The van der Waals surface area contributed by atoms with Crippen molar-refractivity contribution in [2.24, 2.45) is 23.7 Å². The van der Waals surface area contributed by atoms with Crippen LogP contribution in [0.1, 0.15) is 65.9 Å². The molecule has 290 valence electrons. The van der Waals surface area contributed by atoms with Crippen LogP contribution in [-0.2, 0) is 30.3 Å². The lowest BCUT2D eigenvalue weighted by atomic mass is 9.79. The topological polar surface area (TPSA) is 149 Å². The van der Waals surface area contributed by atoms with E-state index >= 15 is 0 Å². The third-order valence-corrected chi connectivity index (χ3v) is 10.5. The number of likely N-dealkylation sites (N-methyl/N-ethyl adjacent to an activating group) is 1. The first-order valence-corrected chi connectivity index (χ1v) is 18.6. The molecule has 1 saturated heterocycles. The molecule has 11 nitrogen and oxygen atoms in total. The van der Waals surface area contributed by atoms with Crippen LogP contribution in [0.4, 0.5) is 0 Å². The lowest BCUT2D eigenvalue weighted by Gasteiger charge is -2.46. The minimum Gasteiger partial charge on any atom is -0.462 e. The second kappa shape index (κ2) is 21.1. The molecule has 11 heteroatoms. The molecule has 3 rings (SSSR count). The van der Waals surface area contributed by atoms with E-state index in [2.05, 4.69) is 10.8 Å². The molecule has 1 aromatic rings. The molecular formula is C41H62N2O9. The minimum atomic E-state index is -1.25. The fraction of sp³-hybridized carbons (Fsp3) is 0.659. The predicted octanol–water partition coefficient (Wildman–Crippen LogP) is 3.34. The normalized spacial score (nSPS) is 35.8. The SMILES string of the molecule is C#CCN(CC[C@H]1C[C@@H](C)C(=O)/C=C/C(C)=C/[C@H](CO)[C@@H](CC)OC(=O)C[C@@H](O)[C@H](C)[C@H]1O[C@@H]1O[C@H](C)[C@@H](O)C(N(C)C)C1O)Cc1ccccc1. The van der Waals surface area contributed by atoms with E-state index in [0.717, 1.165) is 11.1 Å². The Morgan fingerprint density at radius 3 is 2.35 bits per heavy atom. The van der Waals surface area contributed by atoms with Crippen molar-refractivity contribution in [2.45, 2.75) is 116 Å². The molecule has 1 fully saturated rings. The lowest BCUT2D eigenvalue weighted by Crippen LogP contribution is -2.63. The van der Waals surface area contributed by atoms with Gasteiger partial charge in [-0.05, 0) is 71.3 Å². The summed E-state index contributed by atoms with van der Waals surface area (Å²) in [5.74, 6) is 0.0335. The van der Waals surface area contributed by atoms with Crippen LogP contribution < -0.4 is 0 Å². The zero-order chi connectivity index (χ0) is 38.5. The smallest absolute Gasteiger partial charge is 0.308 e. The number of rotatable bonds is 11. The van der Waals surface area contributed by atoms with Crippen molar-refractivity contribution in [2.75, 3.05) is 33.8 Å². The van der Waals surface area contributed by atoms with Crippen molar-refractivity contribution in [1.82, 2.24) is 9.80 Å². The Bertz CT molecular complexity index is 1360. The molecule has 0 aromatic heterocycles. The number of ketones is 1. The number of allylic oxidation sites excluding steroid dienone is 3. The second-order valence-electron chi connectivity index (χ2n) is 14.9. The first-order chi connectivity index (χ1) is 24.7. The quantitative estimate of drug-likeness (QED) is 0.197.